The van der Waals surface area contributed by atoms with E-state index in [1.54, 1.807) is 36.4 Å². The molecule has 0 aliphatic rings. The summed E-state index contributed by atoms with van der Waals surface area (Å²) in [6, 6.07) is 12.2. The minimum Gasteiger partial charge on any atom is -0.352 e. The van der Waals surface area contributed by atoms with Crippen molar-refractivity contribution in [2.24, 2.45) is 5.92 Å². The molecule has 0 aliphatic heterocycles. The van der Waals surface area contributed by atoms with E-state index < -0.39 is 0 Å². The summed E-state index contributed by atoms with van der Waals surface area (Å²) in [6.07, 6.45) is 0. The van der Waals surface area contributed by atoms with Crippen LogP contribution in [-0.2, 0) is 0 Å². The number of benzene rings is 1. The highest BCUT2D eigenvalue weighted by Gasteiger charge is 2.14. The summed E-state index contributed by atoms with van der Waals surface area (Å²) in [5.74, 6) is -0.179. The average Bonchev–Trinajstić information content (AvgIpc) is 2.53. The Bertz CT molecular complexity index is 711. The second-order valence-electron chi connectivity index (χ2n) is 5.77. The van der Waals surface area contributed by atoms with E-state index in [4.69, 9.17) is 0 Å². The molecule has 5 heteroatoms. The smallest absolute Gasteiger partial charge is 0.274 e. The molecule has 2 amide bonds. The van der Waals surface area contributed by atoms with E-state index in [2.05, 4.69) is 15.6 Å². The number of nitrogens with one attached hydrogen (secondary N) is 2. The molecule has 0 radical (unpaired) electrons. The predicted molar refractivity (Wildman–Crippen MR) is 90.5 cm³/mol. The molecule has 0 saturated heterocycles. The Labute approximate surface area is 136 Å². The Kier molecular flexibility index (Phi) is 5.46. The highest BCUT2D eigenvalue weighted by Crippen LogP contribution is 2.16. The summed E-state index contributed by atoms with van der Waals surface area (Å²) in [6.45, 7) is 6.46. The molecule has 120 valence electrons. The van der Waals surface area contributed by atoms with Gasteiger partial charge < -0.3 is 10.6 Å². The van der Waals surface area contributed by atoms with Crippen molar-refractivity contribution in [1.29, 1.82) is 0 Å². The van der Waals surface area contributed by atoms with Gasteiger partial charge in [0, 0.05) is 12.2 Å². The van der Waals surface area contributed by atoms with Gasteiger partial charge in [0.1, 0.15) is 5.69 Å². The van der Waals surface area contributed by atoms with Gasteiger partial charge in [-0.15, -0.1) is 0 Å². The van der Waals surface area contributed by atoms with Crippen LogP contribution < -0.4 is 10.6 Å². The molecule has 0 spiro atoms. The van der Waals surface area contributed by atoms with E-state index >= 15 is 0 Å². The van der Waals surface area contributed by atoms with Crippen LogP contribution in [0.25, 0.3) is 0 Å². The van der Waals surface area contributed by atoms with Gasteiger partial charge in [-0.25, -0.2) is 4.98 Å². The minimum atomic E-state index is -0.335. The maximum absolute atomic E-state index is 12.3. The molecular formula is C18H21N3O2. The lowest BCUT2D eigenvalue weighted by Gasteiger charge is -2.12. The quantitative estimate of drug-likeness (QED) is 0.891. The second kappa shape index (κ2) is 7.54. The van der Waals surface area contributed by atoms with Crippen LogP contribution in [0.2, 0.25) is 0 Å². The number of carbonyl (C=O) groups is 2. The molecule has 2 rings (SSSR count). The highest BCUT2D eigenvalue weighted by atomic mass is 16.2. The van der Waals surface area contributed by atoms with Gasteiger partial charge >= 0.3 is 0 Å². The van der Waals surface area contributed by atoms with Crippen molar-refractivity contribution in [2.75, 3.05) is 11.9 Å². The number of para-hydroxylation sites is 1. The molecule has 5 nitrogen and oxygen atoms in total. The fourth-order valence-electron chi connectivity index (χ4n) is 2.04. The summed E-state index contributed by atoms with van der Waals surface area (Å²) < 4.78 is 0. The Morgan fingerprint density at radius 2 is 1.78 bits per heavy atom. The van der Waals surface area contributed by atoms with E-state index in [9.17, 15) is 9.59 Å². The topological polar surface area (TPSA) is 71.1 Å². The number of amides is 2. The first-order chi connectivity index (χ1) is 11.0. The first-order valence-corrected chi connectivity index (χ1v) is 7.59. The molecule has 23 heavy (non-hydrogen) atoms. The highest BCUT2D eigenvalue weighted by molar-refractivity contribution is 6.08. The number of aryl methyl sites for hydroxylation is 1. The van der Waals surface area contributed by atoms with Crippen LogP contribution in [0, 0.1) is 12.8 Å². The van der Waals surface area contributed by atoms with Crippen LogP contribution in [0.1, 0.15) is 40.4 Å². The number of anilines is 1. The number of aromatic nitrogens is 1. The average molecular weight is 311 g/mol. The maximum atomic E-state index is 12.3. The third-order valence-corrected chi connectivity index (χ3v) is 3.21. The Morgan fingerprint density at radius 3 is 2.48 bits per heavy atom. The number of pyridine rings is 1. The van der Waals surface area contributed by atoms with Crippen LogP contribution in [0.5, 0.6) is 0 Å². The third-order valence-electron chi connectivity index (χ3n) is 3.21. The Morgan fingerprint density at radius 1 is 1.04 bits per heavy atom. The summed E-state index contributed by atoms with van der Waals surface area (Å²) >= 11 is 0. The van der Waals surface area contributed by atoms with Gasteiger partial charge in [0.25, 0.3) is 11.8 Å². The molecule has 0 unspecified atom stereocenters. The van der Waals surface area contributed by atoms with Crippen molar-refractivity contribution in [3.05, 3.63) is 59.4 Å². The zero-order chi connectivity index (χ0) is 16.8. The zero-order valence-corrected chi connectivity index (χ0v) is 13.6. The van der Waals surface area contributed by atoms with Gasteiger partial charge in [-0.2, -0.15) is 0 Å². The van der Waals surface area contributed by atoms with Crippen LogP contribution in [0.4, 0.5) is 5.69 Å². The fourth-order valence-corrected chi connectivity index (χ4v) is 2.04. The Hall–Kier alpha value is -2.69. The molecule has 0 atom stereocenters. The van der Waals surface area contributed by atoms with Crippen LogP contribution in [0.3, 0.4) is 0 Å². The first-order valence-electron chi connectivity index (χ1n) is 7.59. The molecule has 0 bridgehead atoms. The molecule has 0 aliphatic carbocycles. The summed E-state index contributed by atoms with van der Waals surface area (Å²) in [7, 11) is 0. The second-order valence-corrected chi connectivity index (χ2v) is 5.77. The Balaban J connectivity index is 2.17. The lowest BCUT2D eigenvalue weighted by molar-refractivity contribution is 0.0950. The maximum Gasteiger partial charge on any atom is 0.274 e. The van der Waals surface area contributed by atoms with Crippen molar-refractivity contribution in [3.8, 4) is 0 Å². The van der Waals surface area contributed by atoms with Crippen molar-refractivity contribution in [3.63, 3.8) is 0 Å². The van der Waals surface area contributed by atoms with Gasteiger partial charge in [-0.3, -0.25) is 9.59 Å². The molecular weight excluding hydrogens is 290 g/mol. The number of nitrogens with zero attached hydrogens (tertiary/aromatic N) is 1. The fraction of sp³-hybridized carbons (Fsp3) is 0.278. The van der Waals surface area contributed by atoms with Gasteiger partial charge in [-0.05, 0) is 37.1 Å². The SMILES string of the molecule is Cc1cccc(C(=O)Nc2ccccc2C(=O)NCC(C)C)n1. The normalized spacial score (nSPS) is 10.4. The molecule has 1 heterocycles. The van der Waals surface area contributed by atoms with E-state index in [1.165, 1.54) is 0 Å². The largest absolute Gasteiger partial charge is 0.352 e. The van der Waals surface area contributed by atoms with Crippen LogP contribution >= 0.6 is 0 Å². The number of hydrogen-bond acceptors (Lipinski definition) is 3. The van der Waals surface area contributed by atoms with Gasteiger partial charge in [0.05, 0.1) is 11.3 Å². The third kappa shape index (κ3) is 4.64. The summed E-state index contributed by atoms with van der Waals surface area (Å²) in [5, 5.41) is 5.62. The standard InChI is InChI=1S/C18H21N3O2/c1-12(2)11-19-17(22)14-8-4-5-9-15(14)21-18(23)16-10-6-7-13(3)20-16/h4-10,12H,11H2,1-3H3,(H,19,22)(H,21,23). The van der Waals surface area contributed by atoms with E-state index in [0.717, 1.165) is 5.69 Å². The van der Waals surface area contributed by atoms with Crippen LogP contribution in [0.15, 0.2) is 42.5 Å². The number of carbonyl (C=O) groups excluding carboxylic acids is 2. The number of hydrogen-bond donors (Lipinski definition) is 2. The van der Waals surface area contributed by atoms with Gasteiger partial charge in [0.15, 0.2) is 0 Å². The lowest BCUT2D eigenvalue weighted by atomic mass is 10.1. The minimum absolute atomic E-state index is 0.202. The van der Waals surface area contributed by atoms with Crippen molar-refractivity contribution < 1.29 is 9.59 Å². The lowest BCUT2D eigenvalue weighted by Crippen LogP contribution is -2.28. The van der Waals surface area contributed by atoms with E-state index in [0.29, 0.717) is 29.4 Å². The first kappa shape index (κ1) is 16.7. The molecule has 2 aromatic rings. The number of rotatable bonds is 5. The zero-order valence-electron chi connectivity index (χ0n) is 13.6. The molecule has 0 saturated carbocycles. The van der Waals surface area contributed by atoms with Crippen molar-refractivity contribution in [1.82, 2.24) is 10.3 Å². The van der Waals surface area contributed by atoms with E-state index in [-0.39, 0.29) is 11.8 Å². The molecule has 1 aromatic carbocycles. The molecule has 1 aromatic heterocycles. The summed E-state index contributed by atoms with van der Waals surface area (Å²) in [5.41, 5.74) is 2.00. The van der Waals surface area contributed by atoms with Crippen molar-refractivity contribution in [2.45, 2.75) is 20.8 Å². The predicted octanol–water partition coefficient (Wildman–Crippen LogP) is 3.03. The van der Waals surface area contributed by atoms with Crippen molar-refractivity contribution >= 4 is 17.5 Å². The summed E-state index contributed by atoms with van der Waals surface area (Å²) in [4.78, 5) is 28.8. The van der Waals surface area contributed by atoms with Gasteiger partial charge in [0.2, 0.25) is 0 Å². The molecule has 0 fully saturated rings. The van der Waals surface area contributed by atoms with Gasteiger partial charge in [-0.1, -0.05) is 32.0 Å². The molecule has 2 N–H and O–H groups in total. The van der Waals surface area contributed by atoms with E-state index in [1.807, 2.05) is 26.8 Å². The van der Waals surface area contributed by atoms with Crippen LogP contribution in [-0.4, -0.2) is 23.3 Å². The monoisotopic (exact) mass is 311 g/mol.